The van der Waals surface area contributed by atoms with Gasteiger partial charge in [0.05, 0.1) is 46.1 Å². The van der Waals surface area contributed by atoms with Crippen molar-refractivity contribution in [3.63, 3.8) is 0 Å². The van der Waals surface area contributed by atoms with Crippen LogP contribution in [0.25, 0.3) is 10.2 Å². The van der Waals surface area contributed by atoms with Crippen LogP contribution < -0.4 is 10.1 Å². The lowest BCUT2D eigenvalue weighted by atomic mass is 10.1. The van der Waals surface area contributed by atoms with Crippen LogP contribution in [-0.4, -0.2) is 53.0 Å². The predicted molar refractivity (Wildman–Crippen MR) is 164 cm³/mol. The minimum atomic E-state index is -0.408. The number of hydrogen-bond acceptors (Lipinski definition) is 9. The van der Waals surface area contributed by atoms with Crippen molar-refractivity contribution in [1.29, 1.82) is 0 Å². The Morgan fingerprint density at radius 2 is 1.80 bits per heavy atom. The molecule has 2 amide bonds. The Hall–Kier alpha value is -3.22. The SMILES string of the molecule is C=CCn1c(=NC(=O)CSCC(=O)Nc2sc3c(c2C(=O)OCC)CCCCC3)sc2cc(C(=O)OCC)ccc21. The zero-order chi connectivity index (χ0) is 29.4. The summed E-state index contributed by atoms with van der Waals surface area (Å²) in [7, 11) is 0. The summed E-state index contributed by atoms with van der Waals surface area (Å²) in [6.45, 7) is 8.29. The van der Waals surface area contributed by atoms with Crippen LogP contribution in [0.2, 0.25) is 0 Å². The van der Waals surface area contributed by atoms with Gasteiger partial charge in [0.15, 0.2) is 4.80 Å². The fraction of sp³-hybridized carbons (Fsp3) is 0.414. The highest BCUT2D eigenvalue weighted by Crippen LogP contribution is 2.38. The van der Waals surface area contributed by atoms with E-state index in [1.54, 1.807) is 38.1 Å². The number of esters is 2. The van der Waals surface area contributed by atoms with E-state index in [4.69, 9.17) is 9.47 Å². The second kappa shape index (κ2) is 14.6. The molecule has 0 fully saturated rings. The summed E-state index contributed by atoms with van der Waals surface area (Å²) < 4.78 is 13.0. The maximum Gasteiger partial charge on any atom is 0.341 e. The molecule has 0 spiro atoms. The van der Waals surface area contributed by atoms with Crippen LogP contribution in [-0.2, 0) is 38.4 Å². The third-order valence-electron chi connectivity index (χ3n) is 6.34. The van der Waals surface area contributed by atoms with Crippen LogP contribution in [0.1, 0.15) is 64.3 Å². The summed E-state index contributed by atoms with van der Waals surface area (Å²) in [5, 5.41) is 3.41. The van der Waals surface area contributed by atoms with E-state index in [1.165, 1.54) is 22.7 Å². The standard InChI is InChI=1S/C29H33N3O6S3/c1-4-14-32-20-13-12-18(27(35)37-5-2)15-22(20)41-29(32)31-24(34)17-39-16-23(33)30-26-25(28(36)38-6-3)19-10-8-7-9-11-21(19)40-26/h4,12-13,15H,1,5-11,14,16-17H2,2-3H3,(H,30,33). The molecule has 2 aromatic heterocycles. The molecule has 2 heterocycles. The van der Waals surface area contributed by atoms with Gasteiger partial charge in [-0.05, 0) is 63.3 Å². The number of benzene rings is 1. The Bertz CT molecular complexity index is 1530. The smallest absolute Gasteiger partial charge is 0.341 e. The Labute approximate surface area is 250 Å². The second-order valence-electron chi connectivity index (χ2n) is 9.22. The van der Waals surface area contributed by atoms with Crippen LogP contribution in [0.15, 0.2) is 35.8 Å². The van der Waals surface area contributed by atoms with E-state index in [1.807, 2.05) is 4.57 Å². The predicted octanol–water partition coefficient (Wildman–Crippen LogP) is 5.37. The van der Waals surface area contributed by atoms with Crippen molar-refractivity contribution in [2.75, 3.05) is 30.0 Å². The molecule has 41 heavy (non-hydrogen) atoms. The summed E-state index contributed by atoms with van der Waals surface area (Å²) in [6, 6.07) is 5.22. The van der Waals surface area contributed by atoms with Gasteiger partial charge < -0.3 is 19.4 Å². The van der Waals surface area contributed by atoms with Gasteiger partial charge in [0.25, 0.3) is 5.91 Å². The molecule has 0 bridgehead atoms. The number of nitrogens with zero attached hydrogens (tertiary/aromatic N) is 2. The number of aromatic nitrogens is 1. The van der Waals surface area contributed by atoms with Gasteiger partial charge in [0, 0.05) is 11.4 Å². The molecule has 12 heteroatoms. The lowest BCUT2D eigenvalue weighted by Gasteiger charge is -2.08. The number of fused-ring (bicyclic) bond motifs is 2. The molecule has 1 aromatic carbocycles. The lowest BCUT2D eigenvalue weighted by Crippen LogP contribution is -2.19. The van der Waals surface area contributed by atoms with Crippen LogP contribution >= 0.6 is 34.4 Å². The van der Waals surface area contributed by atoms with Gasteiger partial charge in [-0.3, -0.25) is 9.59 Å². The van der Waals surface area contributed by atoms with Gasteiger partial charge in [-0.15, -0.1) is 29.7 Å². The molecule has 0 saturated carbocycles. The minimum absolute atomic E-state index is 0.00943. The maximum absolute atomic E-state index is 12.8. The van der Waals surface area contributed by atoms with Gasteiger partial charge in [0.1, 0.15) is 5.00 Å². The van der Waals surface area contributed by atoms with Crippen molar-refractivity contribution in [3.8, 4) is 0 Å². The summed E-state index contributed by atoms with van der Waals surface area (Å²) in [5.74, 6) is -1.44. The van der Waals surface area contributed by atoms with E-state index in [0.29, 0.717) is 27.5 Å². The molecule has 4 rings (SSSR count). The Balaban J connectivity index is 1.43. The van der Waals surface area contributed by atoms with Crippen LogP contribution in [0.3, 0.4) is 0 Å². The second-order valence-corrected chi connectivity index (χ2v) is 12.3. The highest BCUT2D eigenvalue weighted by atomic mass is 32.2. The van der Waals surface area contributed by atoms with Gasteiger partial charge in [0.2, 0.25) is 5.91 Å². The first kappa shape index (κ1) is 30.7. The topological polar surface area (TPSA) is 116 Å². The third-order valence-corrected chi connectivity index (χ3v) is 9.50. The van der Waals surface area contributed by atoms with Crippen molar-refractivity contribution in [2.45, 2.75) is 52.5 Å². The summed E-state index contributed by atoms with van der Waals surface area (Å²) in [5.41, 5.74) is 2.72. The number of thioether (sulfide) groups is 1. The molecule has 0 atom stereocenters. The zero-order valence-electron chi connectivity index (χ0n) is 23.2. The van der Waals surface area contributed by atoms with Crippen molar-refractivity contribution in [2.24, 2.45) is 4.99 Å². The monoisotopic (exact) mass is 615 g/mol. The summed E-state index contributed by atoms with van der Waals surface area (Å²) in [6.07, 6.45) is 6.58. The van der Waals surface area contributed by atoms with Crippen molar-refractivity contribution < 1.29 is 28.7 Å². The van der Waals surface area contributed by atoms with Gasteiger partial charge in [-0.1, -0.05) is 23.8 Å². The number of thiazole rings is 1. The number of ether oxygens (including phenoxy) is 2. The largest absolute Gasteiger partial charge is 0.462 e. The maximum atomic E-state index is 12.8. The Kier molecular flexibility index (Phi) is 10.9. The normalized spacial score (nSPS) is 13.4. The Morgan fingerprint density at radius 1 is 1.05 bits per heavy atom. The molecule has 1 aliphatic rings. The van der Waals surface area contributed by atoms with Crippen LogP contribution in [0.5, 0.6) is 0 Å². The van der Waals surface area contributed by atoms with Gasteiger partial charge in [-0.25, -0.2) is 9.59 Å². The molecule has 1 aliphatic carbocycles. The number of rotatable bonds is 11. The molecular weight excluding hydrogens is 583 g/mol. The molecular formula is C29H33N3O6S3. The van der Waals surface area contributed by atoms with Crippen LogP contribution in [0, 0.1) is 0 Å². The number of hydrogen-bond donors (Lipinski definition) is 1. The van der Waals surface area contributed by atoms with E-state index in [-0.39, 0.29) is 36.5 Å². The van der Waals surface area contributed by atoms with Gasteiger partial charge >= 0.3 is 11.9 Å². The van der Waals surface area contributed by atoms with Crippen molar-refractivity contribution in [1.82, 2.24) is 4.57 Å². The zero-order valence-corrected chi connectivity index (χ0v) is 25.6. The molecule has 0 aliphatic heterocycles. The van der Waals surface area contributed by atoms with Crippen molar-refractivity contribution >= 4 is 73.4 Å². The fourth-order valence-corrected chi connectivity index (χ4v) is 7.58. The number of carbonyl (C=O) groups excluding carboxylic acids is 4. The highest BCUT2D eigenvalue weighted by molar-refractivity contribution is 8.00. The highest BCUT2D eigenvalue weighted by Gasteiger charge is 2.26. The van der Waals surface area contributed by atoms with Crippen LogP contribution in [0.4, 0.5) is 5.00 Å². The van der Waals surface area contributed by atoms with Crippen molar-refractivity contribution in [3.05, 3.63) is 57.2 Å². The van der Waals surface area contributed by atoms with E-state index in [2.05, 4.69) is 16.9 Å². The number of nitrogens with one attached hydrogen (secondary N) is 1. The number of allylic oxidation sites excluding steroid dienone is 1. The fourth-order valence-electron chi connectivity index (χ4n) is 4.59. The first-order chi connectivity index (χ1) is 19.9. The summed E-state index contributed by atoms with van der Waals surface area (Å²) >= 11 is 3.90. The number of thiophene rings is 1. The molecule has 1 N–H and O–H groups in total. The molecule has 9 nitrogen and oxygen atoms in total. The number of amides is 2. The van der Waals surface area contributed by atoms with E-state index in [9.17, 15) is 19.2 Å². The van der Waals surface area contributed by atoms with E-state index < -0.39 is 11.9 Å². The number of carbonyl (C=O) groups is 4. The van der Waals surface area contributed by atoms with E-state index in [0.717, 1.165) is 64.5 Å². The molecule has 218 valence electrons. The van der Waals surface area contributed by atoms with Gasteiger partial charge in [-0.2, -0.15) is 4.99 Å². The quantitative estimate of drug-likeness (QED) is 0.175. The first-order valence-electron chi connectivity index (χ1n) is 13.5. The Morgan fingerprint density at radius 3 is 2.56 bits per heavy atom. The minimum Gasteiger partial charge on any atom is -0.462 e. The average molecular weight is 616 g/mol. The number of aryl methyl sites for hydroxylation is 1. The number of anilines is 1. The molecule has 0 saturated heterocycles. The average Bonchev–Trinajstić information content (AvgIpc) is 3.35. The summed E-state index contributed by atoms with van der Waals surface area (Å²) in [4.78, 5) is 56.3. The third kappa shape index (κ3) is 7.55. The molecule has 0 radical (unpaired) electrons. The molecule has 0 unspecified atom stereocenters. The molecule has 3 aromatic rings. The van der Waals surface area contributed by atoms with E-state index >= 15 is 0 Å². The lowest BCUT2D eigenvalue weighted by molar-refractivity contribution is -0.115. The first-order valence-corrected chi connectivity index (χ1v) is 16.3.